The molecule has 0 radical (unpaired) electrons. The summed E-state index contributed by atoms with van der Waals surface area (Å²) in [5.41, 5.74) is 10.7. The van der Waals surface area contributed by atoms with Gasteiger partial charge in [0.05, 0.1) is 18.5 Å². The smallest absolute Gasteiger partial charge is 0.187 e. The van der Waals surface area contributed by atoms with Crippen LogP contribution < -0.4 is 15.8 Å². The Morgan fingerprint density at radius 3 is 2.59 bits per heavy atom. The van der Waals surface area contributed by atoms with Gasteiger partial charge in [0.1, 0.15) is 5.75 Å². The van der Waals surface area contributed by atoms with Crippen LogP contribution in [-0.2, 0) is 0 Å². The van der Waals surface area contributed by atoms with Gasteiger partial charge in [-0.25, -0.2) is 4.98 Å². The fourth-order valence-electron chi connectivity index (χ4n) is 2.12. The Morgan fingerprint density at radius 1 is 1.14 bits per heavy atom. The summed E-state index contributed by atoms with van der Waals surface area (Å²) in [6, 6.07) is 13.9. The van der Waals surface area contributed by atoms with E-state index in [4.69, 9.17) is 10.5 Å². The van der Waals surface area contributed by atoms with Gasteiger partial charge in [0.2, 0.25) is 0 Å². The molecule has 1 aromatic heterocycles. The number of ether oxygens (including phenoxy) is 1. The standard InChI is InChI=1S/C17H17N3OS/c1-11-3-6-13(7-4-11)19-17-20-15(10-22-17)12-5-8-16(21-2)14(18)9-12/h3-10H,18H2,1-2H3,(H,19,20). The maximum atomic E-state index is 5.95. The van der Waals surface area contributed by atoms with Gasteiger partial charge in [0.25, 0.3) is 0 Å². The minimum absolute atomic E-state index is 0.612. The number of nitrogen functional groups attached to an aromatic ring is 1. The van der Waals surface area contributed by atoms with Gasteiger partial charge in [-0.05, 0) is 37.3 Å². The van der Waals surface area contributed by atoms with E-state index in [0.717, 1.165) is 22.1 Å². The number of aromatic nitrogens is 1. The number of rotatable bonds is 4. The van der Waals surface area contributed by atoms with Crippen molar-refractivity contribution in [3.63, 3.8) is 0 Å². The molecule has 22 heavy (non-hydrogen) atoms. The number of nitrogens with two attached hydrogens (primary N) is 1. The summed E-state index contributed by atoms with van der Waals surface area (Å²) in [5, 5.41) is 6.18. The molecule has 0 aliphatic rings. The average molecular weight is 311 g/mol. The molecule has 112 valence electrons. The largest absolute Gasteiger partial charge is 0.495 e. The monoisotopic (exact) mass is 311 g/mol. The third-order valence-electron chi connectivity index (χ3n) is 3.33. The van der Waals surface area contributed by atoms with Crippen LogP contribution in [0.5, 0.6) is 5.75 Å². The number of anilines is 3. The zero-order chi connectivity index (χ0) is 15.5. The molecule has 1 heterocycles. The van der Waals surface area contributed by atoms with E-state index in [1.165, 1.54) is 5.56 Å². The highest BCUT2D eigenvalue weighted by Gasteiger charge is 2.07. The Hall–Kier alpha value is -2.53. The first kappa shape index (κ1) is 14.4. The summed E-state index contributed by atoms with van der Waals surface area (Å²) >= 11 is 1.56. The second-order valence-corrected chi connectivity index (χ2v) is 5.84. The lowest BCUT2D eigenvalue weighted by molar-refractivity contribution is 0.417. The highest BCUT2D eigenvalue weighted by atomic mass is 32.1. The van der Waals surface area contributed by atoms with Crippen LogP contribution in [-0.4, -0.2) is 12.1 Å². The molecule has 3 N–H and O–H groups in total. The fourth-order valence-corrected chi connectivity index (χ4v) is 2.86. The molecule has 2 aromatic carbocycles. The number of methoxy groups -OCH3 is 1. The van der Waals surface area contributed by atoms with E-state index >= 15 is 0 Å². The van der Waals surface area contributed by atoms with Crippen molar-refractivity contribution >= 4 is 27.8 Å². The molecule has 0 aliphatic carbocycles. The van der Waals surface area contributed by atoms with Crippen molar-refractivity contribution in [1.29, 1.82) is 0 Å². The normalized spacial score (nSPS) is 10.5. The number of thiazole rings is 1. The summed E-state index contributed by atoms with van der Waals surface area (Å²) in [4.78, 5) is 4.61. The van der Waals surface area contributed by atoms with Crippen LogP contribution in [0, 0.1) is 6.92 Å². The topological polar surface area (TPSA) is 60.2 Å². The lowest BCUT2D eigenvalue weighted by atomic mass is 10.1. The van der Waals surface area contributed by atoms with Crippen molar-refractivity contribution in [2.24, 2.45) is 0 Å². The van der Waals surface area contributed by atoms with Gasteiger partial charge >= 0.3 is 0 Å². The third-order valence-corrected chi connectivity index (χ3v) is 4.09. The number of nitrogens with zero attached hydrogens (tertiary/aromatic N) is 1. The lowest BCUT2D eigenvalue weighted by Gasteiger charge is -2.05. The van der Waals surface area contributed by atoms with Gasteiger partial charge < -0.3 is 15.8 Å². The number of nitrogens with one attached hydrogen (secondary N) is 1. The molecule has 0 fully saturated rings. The molecule has 4 nitrogen and oxygen atoms in total. The summed E-state index contributed by atoms with van der Waals surface area (Å²) in [6.45, 7) is 2.07. The zero-order valence-electron chi connectivity index (χ0n) is 12.5. The lowest BCUT2D eigenvalue weighted by Crippen LogP contribution is -1.93. The molecule has 0 saturated carbocycles. The van der Waals surface area contributed by atoms with Crippen LogP contribution in [0.2, 0.25) is 0 Å². The van der Waals surface area contributed by atoms with E-state index in [9.17, 15) is 0 Å². The van der Waals surface area contributed by atoms with Crippen LogP contribution in [0.4, 0.5) is 16.5 Å². The maximum absolute atomic E-state index is 5.95. The summed E-state index contributed by atoms with van der Waals surface area (Å²) < 4.78 is 5.17. The second kappa shape index (κ2) is 6.07. The fraction of sp³-hybridized carbons (Fsp3) is 0.118. The van der Waals surface area contributed by atoms with E-state index in [1.807, 2.05) is 35.7 Å². The first-order chi connectivity index (χ1) is 10.7. The SMILES string of the molecule is COc1ccc(-c2csc(Nc3ccc(C)cc3)n2)cc1N. The summed E-state index contributed by atoms with van der Waals surface area (Å²) in [5.74, 6) is 0.678. The summed E-state index contributed by atoms with van der Waals surface area (Å²) in [7, 11) is 1.61. The molecule has 3 aromatic rings. The Labute approximate surface area is 133 Å². The van der Waals surface area contributed by atoms with Gasteiger partial charge in [0.15, 0.2) is 5.13 Å². The Morgan fingerprint density at radius 2 is 1.91 bits per heavy atom. The quantitative estimate of drug-likeness (QED) is 0.699. The van der Waals surface area contributed by atoms with Crippen molar-refractivity contribution in [1.82, 2.24) is 4.98 Å². The van der Waals surface area contributed by atoms with Crippen molar-refractivity contribution in [3.05, 3.63) is 53.4 Å². The molecule has 0 bridgehead atoms. The highest BCUT2D eigenvalue weighted by molar-refractivity contribution is 7.14. The average Bonchev–Trinajstić information content (AvgIpc) is 2.98. The Bertz CT molecular complexity index is 781. The molecular formula is C17H17N3OS. The van der Waals surface area contributed by atoms with E-state index < -0.39 is 0 Å². The minimum atomic E-state index is 0.612. The van der Waals surface area contributed by atoms with Gasteiger partial charge in [-0.15, -0.1) is 11.3 Å². The van der Waals surface area contributed by atoms with E-state index in [0.29, 0.717) is 11.4 Å². The molecule has 3 rings (SSSR count). The number of benzene rings is 2. The highest BCUT2D eigenvalue weighted by Crippen LogP contribution is 2.31. The van der Waals surface area contributed by atoms with Gasteiger partial charge in [-0.3, -0.25) is 0 Å². The molecule has 5 heteroatoms. The maximum Gasteiger partial charge on any atom is 0.187 e. The van der Waals surface area contributed by atoms with E-state index in [-0.39, 0.29) is 0 Å². The van der Waals surface area contributed by atoms with Crippen LogP contribution in [0.25, 0.3) is 11.3 Å². The van der Waals surface area contributed by atoms with Crippen LogP contribution >= 0.6 is 11.3 Å². The molecular weight excluding hydrogens is 294 g/mol. The second-order valence-electron chi connectivity index (χ2n) is 4.99. The molecule has 0 spiro atoms. The molecule has 0 atom stereocenters. The number of hydrogen-bond donors (Lipinski definition) is 2. The third kappa shape index (κ3) is 3.04. The molecule has 0 unspecified atom stereocenters. The van der Waals surface area contributed by atoms with E-state index in [1.54, 1.807) is 18.4 Å². The predicted octanol–water partition coefficient (Wildman–Crippen LogP) is 4.45. The van der Waals surface area contributed by atoms with Crippen molar-refractivity contribution in [2.45, 2.75) is 6.92 Å². The van der Waals surface area contributed by atoms with Gasteiger partial charge in [-0.2, -0.15) is 0 Å². The number of aryl methyl sites for hydroxylation is 1. The van der Waals surface area contributed by atoms with Crippen molar-refractivity contribution in [2.75, 3.05) is 18.2 Å². The van der Waals surface area contributed by atoms with Crippen molar-refractivity contribution < 1.29 is 4.74 Å². The van der Waals surface area contributed by atoms with Gasteiger partial charge in [-0.1, -0.05) is 17.7 Å². The summed E-state index contributed by atoms with van der Waals surface area (Å²) in [6.07, 6.45) is 0. The minimum Gasteiger partial charge on any atom is -0.495 e. The number of hydrogen-bond acceptors (Lipinski definition) is 5. The molecule has 0 aliphatic heterocycles. The van der Waals surface area contributed by atoms with Gasteiger partial charge in [0, 0.05) is 16.6 Å². The van der Waals surface area contributed by atoms with E-state index in [2.05, 4.69) is 29.4 Å². The zero-order valence-corrected chi connectivity index (χ0v) is 13.3. The molecule has 0 saturated heterocycles. The molecule has 0 amide bonds. The Balaban J connectivity index is 1.81. The first-order valence-electron chi connectivity index (χ1n) is 6.89. The van der Waals surface area contributed by atoms with Crippen LogP contribution in [0.3, 0.4) is 0 Å². The first-order valence-corrected chi connectivity index (χ1v) is 7.77. The van der Waals surface area contributed by atoms with Crippen LogP contribution in [0.15, 0.2) is 47.8 Å². The predicted molar refractivity (Wildman–Crippen MR) is 93.0 cm³/mol. The Kier molecular flexibility index (Phi) is 3.98. The van der Waals surface area contributed by atoms with Crippen molar-refractivity contribution in [3.8, 4) is 17.0 Å². The van der Waals surface area contributed by atoms with Crippen LogP contribution in [0.1, 0.15) is 5.56 Å².